The fourth-order valence-electron chi connectivity index (χ4n) is 2.73. The summed E-state index contributed by atoms with van der Waals surface area (Å²) in [6, 6.07) is 2.69. The number of carbonyl (C=O) groups is 1. The van der Waals surface area contributed by atoms with E-state index in [0.717, 1.165) is 25.8 Å². The first kappa shape index (κ1) is 16.7. The van der Waals surface area contributed by atoms with Crippen LogP contribution in [0, 0.1) is 6.92 Å². The summed E-state index contributed by atoms with van der Waals surface area (Å²) in [5.74, 6) is 0. The first-order valence-electron chi connectivity index (χ1n) is 7.96. The van der Waals surface area contributed by atoms with E-state index in [0.29, 0.717) is 6.04 Å². The third-order valence-corrected chi connectivity index (χ3v) is 3.87. The number of aromatic nitrogens is 1. The average molecular weight is 305 g/mol. The third-order valence-electron chi connectivity index (χ3n) is 3.87. The summed E-state index contributed by atoms with van der Waals surface area (Å²) in [6.45, 7) is 8.55. The molecule has 0 aliphatic heterocycles. The molecule has 122 valence electrons. The number of amides is 1. The van der Waals surface area contributed by atoms with Crippen molar-refractivity contribution in [1.82, 2.24) is 15.6 Å². The number of hydrogen-bond acceptors (Lipinski definition) is 4. The van der Waals surface area contributed by atoms with Gasteiger partial charge in [0.15, 0.2) is 0 Å². The summed E-state index contributed by atoms with van der Waals surface area (Å²) in [6.07, 6.45) is 6.41. The van der Waals surface area contributed by atoms with Crippen molar-refractivity contribution in [3.8, 4) is 0 Å². The molecule has 1 amide bonds. The molecule has 1 saturated carbocycles. The van der Waals surface area contributed by atoms with Crippen LogP contribution in [0.1, 0.15) is 51.2 Å². The molecule has 1 aromatic rings. The Hall–Kier alpha value is -1.62. The van der Waals surface area contributed by atoms with E-state index in [2.05, 4.69) is 22.5 Å². The molecule has 2 rings (SSSR count). The molecule has 1 heterocycles. The highest BCUT2D eigenvalue weighted by Gasteiger charge is 2.27. The highest BCUT2D eigenvalue weighted by molar-refractivity contribution is 5.68. The van der Waals surface area contributed by atoms with Crippen molar-refractivity contribution >= 4 is 6.09 Å². The Kier molecular flexibility index (Phi) is 5.40. The van der Waals surface area contributed by atoms with Gasteiger partial charge >= 0.3 is 6.09 Å². The smallest absolute Gasteiger partial charge is 0.407 e. The van der Waals surface area contributed by atoms with E-state index in [1.165, 1.54) is 11.1 Å². The van der Waals surface area contributed by atoms with Crippen molar-refractivity contribution in [2.24, 2.45) is 0 Å². The van der Waals surface area contributed by atoms with Crippen LogP contribution >= 0.6 is 0 Å². The molecule has 0 saturated heterocycles. The molecule has 1 aliphatic carbocycles. The van der Waals surface area contributed by atoms with Gasteiger partial charge in [0.2, 0.25) is 0 Å². The lowest BCUT2D eigenvalue weighted by atomic mass is 10.1. The molecular formula is C17H27N3O2. The van der Waals surface area contributed by atoms with E-state index in [1.807, 2.05) is 39.2 Å². The molecule has 1 aromatic heterocycles. The summed E-state index contributed by atoms with van der Waals surface area (Å²) in [5, 5.41) is 6.53. The van der Waals surface area contributed by atoms with E-state index in [1.54, 1.807) is 0 Å². The van der Waals surface area contributed by atoms with Crippen LogP contribution in [0.3, 0.4) is 0 Å². The van der Waals surface area contributed by atoms with Crippen LogP contribution in [0.25, 0.3) is 0 Å². The van der Waals surface area contributed by atoms with E-state index < -0.39 is 5.60 Å². The Bertz CT molecular complexity index is 511. The molecule has 0 radical (unpaired) electrons. The number of carbonyl (C=O) groups excluding carboxylic acids is 1. The maximum absolute atomic E-state index is 11.8. The molecule has 22 heavy (non-hydrogen) atoms. The van der Waals surface area contributed by atoms with Gasteiger partial charge in [-0.15, -0.1) is 0 Å². The Balaban J connectivity index is 1.74. The summed E-state index contributed by atoms with van der Waals surface area (Å²) in [4.78, 5) is 15.9. The van der Waals surface area contributed by atoms with Gasteiger partial charge in [-0.3, -0.25) is 4.98 Å². The van der Waals surface area contributed by atoms with Crippen molar-refractivity contribution in [1.29, 1.82) is 0 Å². The van der Waals surface area contributed by atoms with Crippen LogP contribution < -0.4 is 10.6 Å². The maximum Gasteiger partial charge on any atom is 0.407 e. The fraction of sp³-hybridized carbons (Fsp3) is 0.647. The maximum atomic E-state index is 11.8. The summed E-state index contributed by atoms with van der Waals surface area (Å²) >= 11 is 0. The van der Waals surface area contributed by atoms with Crippen LogP contribution in [-0.4, -0.2) is 28.8 Å². The molecule has 2 unspecified atom stereocenters. The fourth-order valence-corrected chi connectivity index (χ4v) is 2.73. The second-order valence-electron chi connectivity index (χ2n) is 7.04. The molecule has 1 fully saturated rings. The predicted octanol–water partition coefficient (Wildman–Crippen LogP) is 2.93. The minimum absolute atomic E-state index is 0.200. The second kappa shape index (κ2) is 7.09. The van der Waals surface area contributed by atoms with Gasteiger partial charge in [-0.25, -0.2) is 4.79 Å². The number of aryl methyl sites for hydroxylation is 1. The average Bonchev–Trinajstić information content (AvgIpc) is 2.83. The topological polar surface area (TPSA) is 63.2 Å². The molecular weight excluding hydrogens is 278 g/mol. The Morgan fingerprint density at radius 1 is 1.36 bits per heavy atom. The standard InChI is InChI=1S/C17H27N3O2/c1-12-10-18-8-7-13(12)11-19-14-5-6-15(9-14)20-16(21)22-17(2,3)4/h7-8,10,14-15,19H,5-6,9,11H2,1-4H3,(H,20,21). The molecule has 5 heteroatoms. The van der Waals surface area contributed by atoms with Gasteiger partial charge in [-0.1, -0.05) is 0 Å². The zero-order valence-electron chi connectivity index (χ0n) is 14.0. The lowest BCUT2D eigenvalue weighted by Crippen LogP contribution is -2.39. The SMILES string of the molecule is Cc1cnccc1CNC1CCC(NC(=O)OC(C)(C)C)C1. The van der Waals surface area contributed by atoms with E-state index in [9.17, 15) is 4.79 Å². The molecule has 5 nitrogen and oxygen atoms in total. The minimum Gasteiger partial charge on any atom is -0.444 e. The van der Waals surface area contributed by atoms with Gasteiger partial charge in [0.25, 0.3) is 0 Å². The zero-order valence-corrected chi connectivity index (χ0v) is 14.0. The Morgan fingerprint density at radius 3 is 2.77 bits per heavy atom. The third kappa shape index (κ3) is 5.30. The summed E-state index contributed by atoms with van der Waals surface area (Å²) in [7, 11) is 0. The van der Waals surface area contributed by atoms with Crippen LogP contribution in [0.2, 0.25) is 0 Å². The van der Waals surface area contributed by atoms with Crippen LogP contribution in [0.4, 0.5) is 4.79 Å². The van der Waals surface area contributed by atoms with Crippen molar-refractivity contribution in [2.75, 3.05) is 0 Å². The minimum atomic E-state index is -0.445. The lowest BCUT2D eigenvalue weighted by Gasteiger charge is -2.22. The molecule has 2 atom stereocenters. The largest absolute Gasteiger partial charge is 0.444 e. The van der Waals surface area contributed by atoms with Gasteiger partial charge in [-0.05, 0) is 64.2 Å². The highest BCUT2D eigenvalue weighted by Crippen LogP contribution is 2.20. The number of pyridine rings is 1. The number of alkyl carbamates (subject to hydrolysis) is 1. The number of rotatable bonds is 4. The lowest BCUT2D eigenvalue weighted by molar-refractivity contribution is 0.0505. The molecule has 0 aromatic carbocycles. The van der Waals surface area contributed by atoms with Gasteiger partial charge in [0.1, 0.15) is 5.60 Å². The second-order valence-corrected chi connectivity index (χ2v) is 7.04. The zero-order chi connectivity index (χ0) is 16.2. The summed E-state index contributed by atoms with van der Waals surface area (Å²) in [5.41, 5.74) is 2.04. The normalized spacial score (nSPS) is 21.6. The Labute approximate surface area is 132 Å². The quantitative estimate of drug-likeness (QED) is 0.898. The number of hydrogen-bond donors (Lipinski definition) is 2. The monoisotopic (exact) mass is 305 g/mol. The van der Waals surface area contributed by atoms with Crippen molar-refractivity contribution < 1.29 is 9.53 Å². The van der Waals surface area contributed by atoms with Crippen LogP contribution in [-0.2, 0) is 11.3 Å². The summed E-state index contributed by atoms with van der Waals surface area (Å²) < 4.78 is 5.30. The van der Waals surface area contributed by atoms with Gasteiger partial charge in [0, 0.05) is 31.0 Å². The van der Waals surface area contributed by atoms with Crippen LogP contribution in [0.15, 0.2) is 18.5 Å². The van der Waals surface area contributed by atoms with Crippen molar-refractivity contribution in [3.05, 3.63) is 29.6 Å². The van der Waals surface area contributed by atoms with Gasteiger partial charge < -0.3 is 15.4 Å². The van der Waals surface area contributed by atoms with E-state index in [4.69, 9.17) is 4.74 Å². The van der Waals surface area contributed by atoms with Gasteiger partial charge in [-0.2, -0.15) is 0 Å². The number of ether oxygens (including phenoxy) is 1. The van der Waals surface area contributed by atoms with Crippen LogP contribution in [0.5, 0.6) is 0 Å². The van der Waals surface area contributed by atoms with Gasteiger partial charge in [0.05, 0.1) is 0 Å². The molecule has 2 N–H and O–H groups in total. The van der Waals surface area contributed by atoms with E-state index in [-0.39, 0.29) is 12.1 Å². The molecule has 1 aliphatic rings. The Morgan fingerprint density at radius 2 is 2.09 bits per heavy atom. The van der Waals surface area contributed by atoms with E-state index >= 15 is 0 Å². The first-order chi connectivity index (χ1) is 10.3. The molecule has 0 spiro atoms. The highest BCUT2D eigenvalue weighted by atomic mass is 16.6. The predicted molar refractivity (Wildman–Crippen MR) is 86.6 cm³/mol. The first-order valence-corrected chi connectivity index (χ1v) is 7.96. The number of nitrogens with zero attached hydrogens (tertiary/aromatic N) is 1. The van der Waals surface area contributed by atoms with Crippen molar-refractivity contribution in [2.45, 2.75) is 71.2 Å². The van der Waals surface area contributed by atoms with Crippen molar-refractivity contribution in [3.63, 3.8) is 0 Å². The molecule has 0 bridgehead atoms. The number of nitrogens with one attached hydrogen (secondary N) is 2.